The molecule has 2 fully saturated rings. The molecule has 2 heteroatoms. The SMILES string of the molecule is CCc1ccc(C(NC)C2CCOC3(CCC3)C2)cc1. The Bertz CT molecular complexity index is 435. The number of ether oxygens (including phenoxy) is 1. The predicted molar refractivity (Wildman–Crippen MR) is 82.9 cm³/mol. The molecule has 3 rings (SSSR count). The van der Waals surface area contributed by atoms with E-state index < -0.39 is 0 Å². The van der Waals surface area contributed by atoms with Crippen molar-refractivity contribution in [2.24, 2.45) is 5.92 Å². The first kappa shape index (κ1) is 14.1. The highest BCUT2D eigenvalue weighted by atomic mass is 16.5. The van der Waals surface area contributed by atoms with Gasteiger partial charge in [-0.1, -0.05) is 31.2 Å². The van der Waals surface area contributed by atoms with Gasteiger partial charge in [-0.3, -0.25) is 0 Å². The maximum atomic E-state index is 6.07. The molecule has 0 radical (unpaired) electrons. The molecule has 1 N–H and O–H groups in total. The third-order valence-electron chi connectivity index (χ3n) is 5.33. The van der Waals surface area contributed by atoms with Crippen LogP contribution in [-0.2, 0) is 11.2 Å². The largest absolute Gasteiger partial charge is 0.375 e. The highest BCUT2D eigenvalue weighted by Crippen LogP contribution is 2.47. The second-order valence-electron chi connectivity index (χ2n) is 6.50. The van der Waals surface area contributed by atoms with Gasteiger partial charge in [0, 0.05) is 12.6 Å². The Labute approximate surface area is 122 Å². The summed E-state index contributed by atoms with van der Waals surface area (Å²) in [5.41, 5.74) is 3.10. The molecule has 1 spiro atoms. The molecular weight excluding hydrogens is 246 g/mol. The van der Waals surface area contributed by atoms with Gasteiger partial charge in [0.05, 0.1) is 5.60 Å². The number of hydrogen-bond donors (Lipinski definition) is 1. The Morgan fingerprint density at radius 2 is 2.05 bits per heavy atom. The lowest BCUT2D eigenvalue weighted by Gasteiger charge is -2.48. The van der Waals surface area contributed by atoms with Crippen molar-refractivity contribution in [2.75, 3.05) is 13.7 Å². The summed E-state index contributed by atoms with van der Waals surface area (Å²) < 4.78 is 6.07. The zero-order valence-corrected chi connectivity index (χ0v) is 12.8. The average Bonchev–Trinajstić information content (AvgIpc) is 2.47. The molecule has 1 aromatic rings. The van der Waals surface area contributed by atoms with E-state index in [9.17, 15) is 0 Å². The lowest BCUT2D eigenvalue weighted by Crippen LogP contribution is -2.47. The summed E-state index contributed by atoms with van der Waals surface area (Å²) in [7, 11) is 2.10. The van der Waals surface area contributed by atoms with E-state index >= 15 is 0 Å². The Balaban J connectivity index is 1.74. The van der Waals surface area contributed by atoms with E-state index in [1.807, 2.05) is 0 Å². The van der Waals surface area contributed by atoms with Crippen LogP contribution in [-0.4, -0.2) is 19.3 Å². The second kappa shape index (κ2) is 5.87. The van der Waals surface area contributed by atoms with Gasteiger partial charge in [-0.25, -0.2) is 0 Å². The van der Waals surface area contributed by atoms with Crippen molar-refractivity contribution < 1.29 is 4.74 Å². The fourth-order valence-electron chi connectivity index (χ4n) is 3.90. The predicted octanol–water partition coefficient (Wildman–Crippen LogP) is 3.86. The normalized spacial score (nSPS) is 26.2. The third-order valence-corrected chi connectivity index (χ3v) is 5.33. The van der Waals surface area contributed by atoms with Crippen LogP contribution in [0.1, 0.15) is 56.2 Å². The fourth-order valence-corrected chi connectivity index (χ4v) is 3.90. The van der Waals surface area contributed by atoms with Gasteiger partial charge in [-0.15, -0.1) is 0 Å². The lowest BCUT2D eigenvalue weighted by atomic mass is 9.69. The first-order chi connectivity index (χ1) is 9.76. The molecule has 2 unspecified atom stereocenters. The van der Waals surface area contributed by atoms with Gasteiger partial charge in [0.15, 0.2) is 0 Å². The van der Waals surface area contributed by atoms with Crippen LogP contribution >= 0.6 is 0 Å². The number of benzene rings is 1. The summed E-state index contributed by atoms with van der Waals surface area (Å²) in [6, 6.07) is 9.64. The van der Waals surface area contributed by atoms with Crippen molar-refractivity contribution in [2.45, 2.75) is 57.1 Å². The molecule has 1 saturated heterocycles. The highest BCUT2D eigenvalue weighted by molar-refractivity contribution is 5.26. The number of aryl methyl sites for hydroxylation is 1. The topological polar surface area (TPSA) is 21.3 Å². The van der Waals surface area contributed by atoms with Crippen LogP contribution in [0.4, 0.5) is 0 Å². The van der Waals surface area contributed by atoms with Crippen molar-refractivity contribution in [3.05, 3.63) is 35.4 Å². The van der Waals surface area contributed by atoms with Crippen LogP contribution in [0.5, 0.6) is 0 Å². The molecule has 1 aliphatic carbocycles. The number of rotatable bonds is 4. The molecule has 1 aliphatic heterocycles. The van der Waals surface area contributed by atoms with Crippen LogP contribution in [0, 0.1) is 5.92 Å². The Kier molecular flexibility index (Phi) is 4.13. The minimum Gasteiger partial charge on any atom is -0.375 e. The molecule has 1 heterocycles. The van der Waals surface area contributed by atoms with E-state index in [1.54, 1.807) is 0 Å². The maximum absolute atomic E-state index is 6.07. The fraction of sp³-hybridized carbons (Fsp3) is 0.667. The molecular formula is C18H27NO. The van der Waals surface area contributed by atoms with Gasteiger partial charge in [-0.05, 0) is 62.6 Å². The summed E-state index contributed by atoms with van der Waals surface area (Å²) in [5, 5.41) is 3.56. The van der Waals surface area contributed by atoms with Crippen molar-refractivity contribution in [1.82, 2.24) is 5.32 Å². The molecule has 2 nitrogen and oxygen atoms in total. The van der Waals surface area contributed by atoms with Crippen LogP contribution in [0.2, 0.25) is 0 Å². The highest BCUT2D eigenvalue weighted by Gasteiger charge is 2.44. The van der Waals surface area contributed by atoms with Crippen LogP contribution in [0.3, 0.4) is 0 Å². The van der Waals surface area contributed by atoms with Gasteiger partial charge in [0.2, 0.25) is 0 Å². The van der Waals surface area contributed by atoms with E-state index in [4.69, 9.17) is 4.74 Å². The Morgan fingerprint density at radius 1 is 1.30 bits per heavy atom. The average molecular weight is 273 g/mol. The second-order valence-corrected chi connectivity index (χ2v) is 6.50. The Morgan fingerprint density at radius 3 is 2.60 bits per heavy atom. The van der Waals surface area contributed by atoms with E-state index in [-0.39, 0.29) is 5.60 Å². The molecule has 20 heavy (non-hydrogen) atoms. The van der Waals surface area contributed by atoms with E-state index in [0.717, 1.165) is 13.0 Å². The number of nitrogens with one attached hydrogen (secondary N) is 1. The van der Waals surface area contributed by atoms with Crippen molar-refractivity contribution in [3.8, 4) is 0 Å². The zero-order chi connectivity index (χ0) is 14.0. The van der Waals surface area contributed by atoms with Gasteiger partial charge in [0.1, 0.15) is 0 Å². The van der Waals surface area contributed by atoms with E-state index in [0.29, 0.717) is 12.0 Å². The number of hydrogen-bond acceptors (Lipinski definition) is 2. The molecule has 1 aromatic carbocycles. The molecule has 0 aromatic heterocycles. The van der Waals surface area contributed by atoms with Crippen LogP contribution in [0.15, 0.2) is 24.3 Å². The molecule has 2 atom stereocenters. The maximum Gasteiger partial charge on any atom is 0.0686 e. The minimum atomic E-state index is 0.237. The van der Waals surface area contributed by atoms with Gasteiger partial charge >= 0.3 is 0 Å². The first-order valence-corrected chi connectivity index (χ1v) is 8.16. The zero-order valence-electron chi connectivity index (χ0n) is 12.8. The summed E-state index contributed by atoms with van der Waals surface area (Å²) in [6.07, 6.45) is 7.42. The summed E-state index contributed by atoms with van der Waals surface area (Å²) in [6.45, 7) is 3.15. The summed E-state index contributed by atoms with van der Waals surface area (Å²) >= 11 is 0. The van der Waals surface area contributed by atoms with Crippen LogP contribution < -0.4 is 5.32 Å². The first-order valence-electron chi connectivity index (χ1n) is 8.16. The quantitative estimate of drug-likeness (QED) is 0.899. The van der Waals surface area contributed by atoms with Crippen LogP contribution in [0.25, 0.3) is 0 Å². The van der Waals surface area contributed by atoms with Gasteiger partial charge in [0.25, 0.3) is 0 Å². The third kappa shape index (κ3) is 2.64. The minimum absolute atomic E-state index is 0.237. The molecule has 0 bridgehead atoms. The lowest BCUT2D eigenvalue weighted by molar-refractivity contribution is -0.147. The van der Waals surface area contributed by atoms with Crippen molar-refractivity contribution >= 4 is 0 Å². The van der Waals surface area contributed by atoms with E-state index in [1.165, 1.54) is 43.2 Å². The standard InChI is InChI=1S/C18H27NO/c1-3-14-5-7-15(8-6-14)17(19-2)16-9-12-20-18(13-16)10-4-11-18/h5-8,16-17,19H,3-4,9-13H2,1-2H3. The summed E-state index contributed by atoms with van der Waals surface area (Å²) in [4.78, 5) is 0. The smallest absolute Gasteiger partial charge is 0.0686 e. The van der Waals surface area contributed by atoms with E-state index in [2.05, 4.69) is 43.6 Å². The molecule has 0 amide bonds. The summed E-state index contributed by atoms with van der Waals surface area (Å²) in [5.74, 6) is 0.710. The van der Waals surface area contributed by atoms with Crippen molar-refractivity contribution in [3.63, 3.8) is 0 Å². The van der Waals surface area contributed by atoms with Gasteiger partial charge < -0.3 is 10.1 Å². The molecule has 2 aliphatic rings. The van der Waals surface area contributed by atoms with Crippen molar-refractivity contribution in [1.29, 1.82) is 0 Å². The molecule has 1 saturated carbocycles. The molecule has 110 valence electrons. The monoisotopic (exact) mass is 273 g/mol. The van der Waals surface area contributed by atoms with Gasteiger partial charge in [-0.2, -0.15) is 0 Å². The Hall–Kier alpha value is -0.860.